The topological polar surface area (TPSA) is 93.7 Å². The van der Waals surface area contributed by atoms with Crippen molar-refractivity contribution in [2.24, 2.45) is 0 Å². The monoisotopic (exact) mass is 410 g/mol. The Bertz CT molecular complexity index is 991. The van der Waals surface area contributed by atoms with Gasteiger partial charge in [0.15, 0.2) is 11.5 Å². The van der Waals surface area contributed by atoms with Crippen molar-refractivity contribution in [3.63, 3.8) is 0 Å². The number of rotatable bonds is 6. The zero-order valence-corrected chi connectivity index (χ0v) is 16.4. The van der Waals surface area contributed by atoms with E-state index in [0.29, 0.717) is 40.4 Å². The molecule has 144 valence electrons. The molecule has 2 aromatic rings. The van der Waals surface area contributed by atoms with Gasteiger partial charge in [-0.25, -0.2) is 8.42 Å². The van der Waals surface area contributed by atoms with Gasteiger partial charge in [-0.15, -0.1) is 0 Å². The van der Waals surface area contributed by atoms with E-state index in [-0.39, 0.29) is 17.6 Å². The molecule has 9 heteroatoms. The van der Waals surface area contributed by atoms with Crippen molar-refractivity contribution in [1.82, 2.24) is 0 Å². The molecule has 0 aromatic heterocycles. The Labute approximate surface area is 162 Å². The molecule has 27 heavy (non-hydrogen) atoms. The van der Waals surface area contributed by atoms with E-state index >= 15 is 0 Å². The molecule has 0 radical (unpaired) electrons. The maximum Gasteiger partial charge on any atom is 0.255 e. The zero-order valence-electron chi connectivity index (χ0n) is 14.8. The Kier molecular flexibility index (Phi) is 5.48. The fraction of sp³-hybridized carbons (Fsp3) is 0.278. The van der Waals surface area contributed by atoms with Crippen LogP contribution >= 0.6 is 11.6 Å². The van der Waals surface area contributed by atoms with E-state index in [1.54, 1.807) is 38.1 Å². The molecule has 1 amide bonds. The van der Waals surface area contributed by atoms with Crippen LogP contribution in [-0.4, -0.2) is 26.9 Å². The van der Waals surface area contributed by atoms with Crippen LogP contribution in [0.2, 0.25) is 5.02 Å². The van der Waals surface area contributed by atoms with Gasteiger partial charge in [0, 0.05) is 11.3 Å². The molecule has 1 aliphatic heterocycles. The second-order valence-electron chi connectivity index (χ2n) is 6.05. The Hall–Kier alpha value is -2.45. The highest BCUT2D eigenvalue weighted by Gasteiger charge is 2.21. The Morgan fingerprint density at radius 3 is 2.70 bits per heavy atom. The van der Waals surface area contributed by atoms with Gasteiger partial charge in [0.05, 0.1) is 16.5 Å². The van der Waals surface area contributed by atoms with Gasteiger partial charge in [0.2, 0.25) is 16.8 Å². The summed E-state index contributed by atoms with van der Waals surface area (Å²) in [6, 6.07) is 8.05. The van der Waals surface area contributed by atoms with Crippen molar-refractivity contribution >= 4 is 38.9 Å². The van der Waals surface area contributed by atoms with Crippen molar-refractivity contribution in [3.05, 3.63) is 46.5 Å². The first-order valence-electron chi connectivity index (χ1n) is 8.31. The van der Waals surface area contributed by atoms with E-state index in [2.05, 4.69) is 10.0 Å². The minimum atomic E-state index is -3.43. The van der Waals surface area contributed by atoms with Crippen molar-refractivity contribution in [2.75, 3.05) is 22.6 Å². The number of fused-ring (bicyclic) bond motifs is 1. The van der Waals surface area contributed by atoms with Gasteiger partial charge in [-0.1, -0.05) is 24.6 Å². The van der Waals surface area contributed by atoms with E-state index in [1.807, 2.05) is 0 Å². The largest absolute Gasteiger partial charge is 0.454 e. The molecule has 0 saturated carbocycles. The molecule has 0 fully saturated rings. The molecule has 0 bridgehead atoms. The summed E-state index contributed by atoms with van der Waals surface area (Å²) < 4.78 is 37.1. The average Bonchev–Trinajstić information content (AvgIpc) is 3.07. The highest BCUT2D eigenvalue weighted by molar-refractivity contribution is 7.92. The Morgan fingerprint density at radius 2 is 1.96 bits per heavy atom. The quantitative estimate of drug-likeness (QED) is 0.755. The van der Waals surface area contributed by atoms with Crippen LogP contribution in [0.15, 0.2) is 30.3 Å². The summed E-state index contributed by atoms with van der Waals surface area (Å²) in [4.78, 5) is 12.6. The van der Waals surface area contributed by atoms with Crippen molar-refractivity contribution in [1.29, 1.82) is 0 Å². The zero-order chi connectivity index (χ0) is 19.6. The lowest BCUT2D eigenvalue weighted by Gasteiger charge is -2.14. The summed E-state index contributed by atoms with van der Waals surface area (Å²) in [6.07, 6.45) is 0.510. The summed E-state index contributed by atoms with van der Waals surface area (Å²) in [5, 5.41) is 3.06. The number of hydrogen-bond donors (Lipinski definition) is 2. The summed E-state index contributed by atoms with van der Waals surface area (Å²) >= 11 is 6.12. The van der Waals surface area contributed by atoms with Crippen molar-refractivity contribution < 1.29 is 22.7 Å². The summed E-state index contributed by atoms with van der Waals surface area (Å²) in [5.41, 5.74) is 1.83. The highest BCUT2D eigenvalue weighted by atomic mass is 35.5. The summed E-state index contributed by atoms with van der Waals surface area (Å²) in [7, 11) is -3.43. The third kappa shape index (κ3) is 4.28. The van der Waals surface area contributed by atoms with E-state index in [0.717, 1.165) is 0 Å². The van der Waals surface area contributed by atoms with Crippen LogP contribution in [0.4, 0.5) is 11.4 Å². The third-order valence-electron chi connectivity index (χ3n) is 4.01. The Balaban J connectivity index is 1.83. The molecule has 0 atom stereocenters. The fourth-order valence-electron chi connectivity index (χ4n) is 2.66. The van der Waals surface area contributed by atoms with E-state index in [4.69, 9.17) is 21.1 Å². The minimum Gasteiger partial charge on any atom is -0.454 e. The predicted molar refractivity (Wildman–Crippen MR) is 104 cm³/mol. The van der Waals surface area contributed by atoms with Crippen LogP contribution in [0.3, 0.4) is 0 Å². The number of amides is 1. The molecular formula is C18H19ClN2O5S. The first kappa shape index (κ1) is 19.3. The standard InChI is InChI=1S/C18H19ClN2O5S/c1-3-7-27(23,24)21-15-6-4-5-14(11(15)2)20-18(22)12-8-13(19)17-16(9-12)25-10-26-17/h4-6,8-9,21H,3,7,10H2,1-2H3,(H,20,22). The maximum absolute atomic E-state index is 12.6. The molecule has 2 aromatic carbocycles. The molecule has 0 saturated heterocycles. The molecule has 0 spiro atoms. The van der Waals surface area contributed by atoms with Crippen LogP contribution in [0, 0.1) is 6.92 Å². The fourth-order valence-corrected chi connectivity index (χ4v) is 4.12. The van der Waals surface area contributed by atoms with Gasteiger partial charge in [-0.3, -0.25) is 9.52 Å². The SMILES string of the molecule is CCCS(=O)(=O)Nc1cccc(NC(=O)c2cc(Cl)c3c(c2)OCO3)c1C. The van der Waals surface area contributed by atoms with E-state index in [1.165, 1.54) is 6.07 Å². The molecule has 0 unspecified atom stereocenters. The highest BCUT2D eigenvalue weighted by Crippen LogP contribution is 2.40. The molecule has 3 rings (SSSR count). The minimum absolute atomic E-state index is 0.0265. The van der Waals surface area contributed by atoms with E-state index < -0.39 is 15.9 Å². The molecule has 2 N–H and O–H groups in total. The summed E-state index contributed by atoms with van der Waals surface area (Å²) in [6.45, 7) is 3.57. The van der Waals surface area contributed by atoms with Crippen LogP contribution in [-0.2, 0) is 10.0 Å². The van der Waals surface area contributed by atoms with Crippen LogP contribution < -0.4 is 19.5 Å². The first-order chi connectivity index (χ1) is 12.8. The van der Waals surface area contributed by atoms with Crippen LogP contribution in [0.5, 0.6) is 11.5 Å². The predicted octanol–water partition coefficient (Wildman–Crippen LogP) is 3.78. The lowest BCUT2D eigenvalue weighted by molar-refractivity contribution is 0.102. The lowest BCUT2D eigenvalue weighted by atomic mass is 10.1. The second-order valence-corrected chi connectivity index (χ2v) is 8.29. The average molecular weight is 411 g/mol. The first-order valence-corrected chi connectivity index (χ1v) is 10.3. The number of anilines is 2. The van der Waals surface area contributed by atoms with Gasteiger partial charge in [-0.05, 0) is 43.2 Å². The Morgan fingerprint density at radius 1 is 1.22 bits per heavy atom. The third-order valence-corrected chi connectivity index (χ3v) is 5.77. The van der Waals surface area contributed by atoms with Gasteiger partial charge in [-0.2, -0.15) is 0 Å². The number of hydrogen-bond acceptors (Lipinski definition) is 5. The molecule has 0 aliphatic carbocycles. The molecule has 7 nitrogen and oxygen atoms in total. The van der Waals surface area contributed by atoms with Gasteiger partial charge >= 0.3 is 0 Å². The summed E-state index contributed by atoms with van der Waals surface area (Å²) in [5.74, 6) is 0.452. The number of ether oxygens (including phenoxy) is 2. The number of nitrogens with one attached hydrogen (secondary N) is 2. The lowest BCUT2D eigenvalue weighted by Crippen LogP contribution is -2.18. The number of halogens is 1. The number of carbonyl (C=O) groups excluding carboxylic acids is 1. The van der Waals surface area contributed by atoms with Crippen molar-refractivity contribution in [3.8, 4) is 11.5 Å². The van der Waals surface area contributed by atoms with Crippen LogP contribution in [0.1, 0.15) is 29.3 Å². The van der Waals surface area contributed by atoms with Crippen molar-refractivity contribution in [2.45, 2.75) is 20.3 Å². The molecular weight excluding hydrogens is 392 g/mol. The second kappa shape index (κ2) is 7.66. The smallest absolute Gasteiger partial charge is 0.255 e. The van der Waals surface area contributed by atoms with Crippen LogP contribution in [0.25, 0.3) is 0 Å². The van der Waals surface area contributed by atoms with E-state index in [9.17, 15) is 13.2 Å². The maximum atomic E-state index is 12.6. The van der Waals surface area contributed by atoms with Gasteiger partial charge in [0.25, 0.3) is 5.91 Å². The number of benzene rings is 2. The number of carbonyl (C=O) groups is 1. The van der Waals surface area contributed by atoms with Gasteiger partial charge in [0.1, 0.15) is 0 Å². The molecule has 1 heterocycles. The van der Waals surface area contributed by atoms with Gasteiger partial charge < -0.3 is 14.8 Å². The normalized spacial score (nSPS) is 12.7. The molecule has 1 aliphatic rings. The number of sulfonamides is 1.